The molecular weight excluding hydrogens is 378 g/mol. The number of hydrogen-bond donors (Lipinski definition) is 1. The van der Waals surface area contributed by atoms with Crippen molar-refractivity contribution >= 4 is 44.9 Å². The summed E-state index contributed by atoms with van der Waals surface area (Å²) in [5.74, 6) is 0.0959. The van der Waals surface area contributed by atoms with E-state index in [1.165, 1.54) is 23.1 Å². The van der Waals surface area contributed by atoms with Crippen LogP contribution in [0.4, 0.5) is 5.69 Å². The minimum Gasteiger partial charge on any atom is -0.325 e. The molecule has 0 aliphatic rings. The molecular formula is C20H23N3O2S2. The van der Waals surface area contributed by atoms with Crippen LogP contribution in [-0.4, -0.2) is 21.2 Å². The molecule has 1 aromatic carbocycles. The fraction of sp³-hybridized carbons (Fsp3) is 0.350. The number of carbonyl (C=O) groups excluding carboxylic acids is 1. The van der Waals surface area contributed by atoms with Crippen molar-refractivity contribution in [1.82, 2.24) is 9.55 Å². The SMILES string of the molecule is CCn1c(SCC(=O)Nc2cc(C)ccc2C)nc2sc(C)c(C)c2c1=O. The molecule has 5 nitrogen and oxygen atoms in total. The molecule has 1 N–H and O–H groups in total. The molecule has 0 unspecified atom stereocenters. The van der Waals surface area contributed by atoms with Crippen molar-refractivity contribution in [3.8, 4) is 0 Å². The molecule has 0 bridgehead atoms. The summed E-state index contributed by atoms with van der Waals surface area (Å²) in [5, 5.41) is 4.24. The van der Waals surface area contributed by atoms with Crippen LogP contribution < -0.4 is 10.9 Å². The molecule has 0 radical (unpaired) electrons. The summed E-state index contributed by atoms with van der Waals surface area (Å²) in [7, 11) is 0. The standard InChI is InChI=1S/C20H23N3O2S2/c1-6-23-19(25)17-13(4)14(5)27-18(17)22-20(23)26-10-16(24)21-15-9-11(2)7-8-12(15)3/h7-9H,6,10H2,1-5H3,(H,21,24). The van der Waals surface area contributed by atoms with Crippen molar-refractivity contribution < 1.29 is 4.79 Å². The van der Waals surface area contributed by atoms with E-state index in [9.17, 15) is 9.59 Å². The van der Waals surface area contributed by atoms with E-state index in [1.54, 1.807) is 4.57 Å². The minimum atomic E-state index is -0.107. The summed E-state index contributed by atoms with van der Waals surface area (Å²) in [6.07, 6.45) is 0. The molecule has 3 aromatic rings. The van der Waals surface area contributed by atoms with Crippen LogP contribution in [0.2, 0.25) is 0 Å². The van der Waals surface area contributed by atoms with Gasteiger partial charge in [0.05, 0.1) is 11.1 Å². The lowest BCUT2D eigenvalue weighted by atomic mass is 10.1. The zero-order valence-corrected chi connectivity index (χ0v) is 17.8. The number of aryl methyl sites for hydroxylation is 4. The number of aromatic nitrogens is 2. The van der Waals surface area contributed by atoms with Gasteiger partial charge < -0.3 is 5.32 Å². The van der Waals surface area contributed by atoms with Gasteiger partial charge in [-0.2, -0.15) is 0 Å². The highest BCUT2D eigenvalue weighted by molar-refractivity contribution is 7.99. The second kappa shape index (κ2) is 7.86. The van der Waals surface area contributed by atoms with E-state index in [2.05, 4.69) is 10.3 Å². The fourth-order valence-electron chi connectivity index (χ4n) is 2.88. The molecule has 0 atom stereocenters. The largest absolute Gasteiger partial charge is 0.325 e. The maximum atomic E-state index is 12.8. The van der Waals surface area contributed by atoms with Crippen LogP contribution in [0.3, 0.4) is 0 Å². The van der Waals surface area contributed by atoms with Crippen LogP contribution in [0.25, 0.3) is 10.2 Å². The molecule has 0 aliphatic carbocycles. The Hall–Kier alpha value is -2.12. The first-order valence-electron chi connectivity index (χ1n) is 8.82. The van der Waals surface area contributed by atoms with Crippen LogP contribution in [-0.2, 0) is 11.3 Å². The summed E-state index contributed by atoms with van der Waals surface area (Å²) in [6, 6.07) is 5.97. The van der Waals surface area contributed by atoms with Crippen molar-refractivity contribution in [2.24, 2.45) is 0 Å². The number of carbonyl (C=O) groups is 1. The number of thiophene rings is 1. The molecule has 0 saturated carbocycles. The number of amides is 1. The third-order valence-electron chi connectivity index (χ3n) is 4.57. The predicted octanol–water partition coefficient (Wildman–Crippen LogP) is 4.44. The topological polar surface area (TPSA) is 64.0 Å². The van der Waals surface area contributed by atoms with Crippen molar-refractivity contribution in [1.29, 1.82) is 0 Å². The fourth-order valence-corrected chi connectivity index (χ4v) is 4.82. The van der Waals surface area contributed by atoms with Crippen LogP contribution in [0.1, 0.15) is 28.5 Å². The molecule has 3 rings (SSSR count). The highest BCUT2D eigenvalue weighted by Gasteiger charge is 2.17. The van der Waals surface area contributed by atoms with Crippen molar-refractivity contribution in [3.63, 3.8) is 0 Å². The Labute approximate surface area is 166 Å². The summed E-state index contributed by atoms with van der Waals surface area (Å²) in [4.78, 5) is 31.8. The van der Waals surface area contributed by atoms with Gasteiger partial charge >= 0.3 is 0 Å². The van der Waals surface area contributed by atoms with Gasteiger partial charge in [-0.05, 0) is 57.4 Å². The summed E-state index contributed by atoms with van der Waals surface area (Å²) < 4.78 is 1.65. The number of anilines is 1. The van der Waals surface area contributed by atoms with Crippen LogP contribution in [0, 0.1) is 27.7 Å². The van der Waals surface area contributed by atoms with Crippen molar-refractivity contribution in [3.05, 3.63) is 50.1 Å². The number of rotatable bonds is 5. The van der Waals surface area contributed by atoms with Gasteiger partial charge in [0, 0.05) is 17.1 Å². The Balaban J connectivity index is 1.83. The molecule has 0 saturated heterocycles. The molecule has 0 fully saturated rings. The molecule has 27 heavy (non-hydrogen) atoms. The number of fused-ring (bicyclic) bond motifs is 1. The van der Waals surface area contributed by atoms with E-state index in [0.29, 0.717) is 17.1 Å². The summed E-state index contributed by atoms with van der Waals surface area (Å²) >= 11 is 2.83. The zero-order valence-electron chi connectivity index (χ0n) is 16.2. The Bertz CT molecular complexity index is 1080. The van der Waals surface area contributed by atoms with E-state index in [4.69, 9.17) is 0 Å². The highest BCUT2D eigenvalue weighted by atomic mass is 32.2. The van der Waals surface area contributed by atoms with Crippen LogP contribution in [0.5, 0.6) is 0 Å². The van der Waals surface area contributed by atoms with Gasteiger partial charge in [-0.15, -0.1) is 11.3 Å². The maximum Gasteiger partial charge on any atom is 0.263 e. The molecule has 1 amide bonds. The number of nitrogens with zero attached hydrogens (tertiary/aromatic N) is 2. The van der Waals surface area contributed by atoms with E-state index in [0.717, 1.165) is 32.1 Å². The first kappa shape index (κ1) is 19.6. The summed E-state index contributed by atoms with van der Waals surface area (Å²) in [5.41, 5.74) is 3.91. The Morgan fingerprint density at radius 3 is 2.70 bits per heavy atom. The van der Waals surface area contributed by atoms with E-state index in [1.807, 2.05) is 52.8 Å². The average molecular weight is 402 g/mol. The Kier molecular flexibility index (Phi) is 5.72. The number of nitrogens with one attached hydrogen (secondary N) is 1. The van der Waals surface area contributed by atoms with E-state index < -0.39 is 0 Å². The summed E-state index contributed by atoms with van der Waals surface area (Å²) in [6.45, 7) is 10.4. The lowest BCUT2D eigenvalue weighted by molar-refractivity contribution is -0.113. The highest BCUT2D eigenvalue weighted by Crippen LogP contribution is 2.28. The number of benzene rings is 1. The van der Waals surface area contributed by atoms with Gasteiger partial charge in [-0.3, -0.25) is 14.2 Å². The van der Waals surface area contributed by atoms with Crippen LogP contribution >= 0.6 is 23.1 Å². The zero-order chi connectivity index (χ0) is 19.7. The number of thioether (sulfide) groups is 1. The first-order chi connectivity index (χ1) is 12.8. The second-order valence-electron chi connectivity index (χ2n) is 6.56. The normalized spacial score (nSPS) is 11.1. The number of hydrogen-bond acceptors (Lipinski definition) is 5. The third kappa shape index (κ3) is 3.94. The molecule has 142 valence electrons. The van der Waals surface area contributed by atoms with Crippen molar-refractivity contribution in [2.45, 2.75) is 46.3 Å². The van der Waals surface area contributed by atoms with E-state index >= 15 is 0 Å². The van der Waals surface area contributed by atoms with Gasteiger partial charge in [-0.1, -0.05) is 23.9 Å². The molecule has 0 spiro atoms. The molecule has 7 heteroatoms. The minimum absolute atomic E-state index is 0.0261. The van der Waals surface area contributed by atoms with Crippen molar-refractivity contribution in [2.75, 3.05) is 11.1 Å². The molecule has 2 aromatic heterocycles. The molecule has 0 aliphatic heterocycles. The monoisotopic (exact) mass is 401 g/mol. The van der Waals surface area contributed by atoms with Gasteiger partial charge in [0.1, 0.15) is 4.83 Å². The van der Waals surface area contributed by atoms with Gasteiger partial charge in [0.2, 0.25) is 5.91 Å². The maximum absolute atomic E-state index is 12.8. The van der Waals surface area contributed by atoms with Gasteiger partial charge in [0.15, 0.2) is 5.16 Å². The smallest absolute Gasteiger partial charge is 0.263 e. The van der Waals surface area contributed by atoms with Gasteiger partial charge in [-0.25, -0.2) is 4.98 Å². The third-order valence-corrected chi connectivity index (χ3v) is 6.65. The van der Waals surface area contributed by atoms with Crippen LogP contribution in [0.15, 0.2) is 28.2 Å². The second-order valence-corrected chi connectivity index (χ2v) is 8.71. The Morgan fingerprint density at radius 2 is 2.00 bits per heavy atom. The lowest BCUT2D eigenvalue weighted by Gasteiger charge is -2.11. The Morgan fingerprint density at radius 1 is 1.26 bits per heavy atom. The predicted molar refractivity (Wildman–Crippen MR) is 114 cm³/mol. The van der Waals surface area contributed by atoms with E-state index in [-0.39, 0.29) is 17.2 Å². The lowest BCUT2D eigenvalue weighted by Crippen LogP contribution is -2.23. The molecule has 2 heterocycles. The average Bonchev–Trinajstić information content (AvgIpc) is 2.90. The van der Waals surface area contributed by atoms with Gasteiger partial charge in [0.25, 0.3) is 5.56 Å². The first-order valence-corrected chi connectivity index (χ1v) is 10.6. The quantitative estimate of drug-likeness (QED) is 0.507.